The van der Waals surface area contributed by atoms with Gasteiger partial charge >= 0.3 is 0 Å². The molecule has 0 saturated heterocycles. The van der Waals surface area contributed by atoms with Crippen molar-refractivity contribution in [1.82, 2.24) is 16.2 Å². The summed E-state index contributed by atoms with van der Waals surface area (Å²) >= 11 is 12.1. The first kappa shape index (κ1) is 21.3. The van der Waals surface area contributed by atoms with E-state index < -0.39 is 0 Å². The van der Waals surface area contributed by atoms with Crippen LogP contribution in [0.25, 0.3) is 21.7 Å². The molecule has 1 aliphatic carbocycles. The topological polar surface area (TPSA) is 66.3 Å². The van der Waals surface area contributed by atoms with Gasteiger partial charge in [0.05, 0.1) is 6.54 Å². The molecule has 2 unspecified atom stereocenters. The number of hydrazine groups is 1. The average molecular weight is 468 g/mol. The minimum absolute atomic E-state index is 0.0404. The van der Waals surface area contributed by atoms with Crippen LogP contribution in [0, 0.1) is 0 Å². The third-order valence-corrected chi connectivity index (χ3v) is 6.40. The summed E-state index contributed by atoms with van der Waals surface area (Å²) in [5.41, 5.74) is 8.10. The number of furan rings is 1. The second-order valence-electron chi connectivity index (χ2n) is 8.28. The van der Waals surface area contributed by atoms with E-state index in [0.717, 1.165) is 46.8 Å². The predicted octanol–water partition coefficient (Wildman–Crippen LogP) is 5.84. The van der Waals surface area contributed by atoms with E-state index in [1.54, 1.807) is 0 Å². The summed E-state index contributed by atoms with van der Waals surface area (Å²) in [5.74, 6) is 0.802. The van der Waals surface area contributed by atoms with Gasteiger partial charge < -0.3 is 9.73 Å². The molecule has 1 aliphatic rings. The Morgan fingerprint density at radius 1 is 0.875 bits per heavy atom. The van der Waals surface area contributed by atoms with Crippen LogP contribution >= 0.6 is 23.2 Å². The van der Waals surface area contributed by atoms with Gasteiger partial charge in [-0.2, -0.15) is 0 Å². The largest absolute Gasteiger partial charge is 0.460 e. The zero-order valence-electron chi connectivity index (χ0n) is 17.3. The molecule has 0 radical (unpaired) electrons. The molecule has 1 fully saturated rings. The zero-order chi connectivity index (χ0) is 22.1. The van der Waals surface area contributed by atoms with E-state index in [0.29, 0.717) is 22.2 Å². The van der Waals surface area contributed by atoms with Crippen molar-refractivity contribution in [3.05, 3.63) is 82.0 Å². The molecule has 0 bridgehead atoms. The van der Waals surface area contributed by atoms with Gasteiger partial charge in [-0.25, -0.2) is 5.43 Å². The van der Waals surface area contributed by atoms with Crippen LogP contribution in [-0.4, -0.2) is 18.0 Å². The fraction of sp³-hybridized carbons (Fsp3) is 0.240. The Hall–Kier alpha value is -2.57. The van der Waals surface area contributed by atoms with Crippen LogP contribution < -0.4 is 16.2 Å². The van der Waals surface area contributed by atoms with Crippen LogP contribution in [0.2, 0.25) is 10.0 Å². The molecule has 1 aromatic heterocycles. The molecule has 0 aliphatic heterocycles. The summed E-state index contributed by atoms with van der Waals surface area (Å²) in [4.78, 5) is 12.7. The first-order chi connectivity index (χ1) is 15.5. The van der Waals surface area contributed by atoms with E-state index in [1.165, 1.54) is 0 Å². The monoisotopic (exact) mass is 467 g/mol. The average Bonchev–Trinajstić information content (AvgIpc) is 3.39. The van der Waals surface area contributed by atoms with Gasteiger partial charge in [0.1, 0.15) is 11.3 Å². The molecule has 0 spiro atoms. The molecule has 4 aromatic rings. The molecule has 164 valence electrons. The summed E-state index contributed by atoms with van der Waals surface area (Å²) in [6, 6.07) is 19.4. The Morgan fingerprint density at radius 2 is 1.59 bits per heavy atom. The fourth-order valence-corrected chi connectivity index (χ4v) is 4.67. The molecule has 2 atom stereocenters. The molecule has 3 N–H and O–H groups in total. The SMILES string of the molecule is O=C(NC1CCC(NNCc2cc3cc(Cl)ccc3o2)C1)c1ccc2cc(Cl)ccc2c1. The quantitative estimate of drug-likeness (QED) is 0.311. The van der Waals surface area contributed by atoms with Gasteiger partial charge in [-0.3, -0.25) is 10.2 Å². The molecule has 1 amide bonds. The van der Waals surface area contributed by atoms with Crippen molar-refractivity contribution < 1.29 is 9.21 Å². The summed E-state index contributed by atoms with van der Waals surface area (Å²) in [6.45, 7) is 0.570. The van der Waals surface area contributed by atoms with Crippen LogP contribution in [0.1, 0.15) is 35.4 Å². The standard InChI is InChI=1S/C25H23Cl2N3O2/c26-19-4-3-15-9-17(2-1-16(15)10-19)25(31)29-21-6-7-22(13-21)30-28-14-23-12-18-11-20(27)5-8-24(18)32-23/h1-5,8-12,21-22,28,30H,6-7,13-14H2,(H,29,31). The molecular weight excluding hydrogens is 445 g/mol. The number of rotatable bonds is 6. The smallest absolute Gasteiger partial charge is 0.251 e. The van der Waals surface area contributed by atoms with Gasteiger partial charge in [0.2, 0.25) is 0 Å². The second-order valence-corrected chi connectivity index (χ2v) is 9.15. The number of nitrogens with one attached hydrogen (secondary N) is 3. The fourth-order valence-electron chi connectivity index (χ4n) is 4.31. The predicted molar refractivity (Wildman–Crippen MR) is 129 cm³/mol. The molecule has 5 rings (SSSR count). The number of benzene rings is 3. The summed E-state index contributed by atoms with van der Waals surface area (Å²) in [5, 5.41) is 7.58. The van der Waals surface area contributed by atoms with Gasteiger partial charge in [0.25, 0.3) is 5.91 Å². The molecule has 5 nitrogen and oxygen atoms in total. The molecule has 1 heterocycles. The van der Waals surface area contributed by atoms with Crippen molar-refractivity contribution in [3.63, 3.8) is 0 Å². The van der Waals surface area contributed by atoms with Crippen molar-refractivity contribution in [2.75, 3.05) is 0 Å². The number of carbonyl (C=O) groups excluding carboxylic acids is 1. The Balaban J connectivity index is 1.12. The van der Waals surface area contributed by atoms with Gasteiger partial charge in [-0.15, -0.1) is 0 Å². The highest BCUT2D eigenvalue weighted by Crippen LogP contribution is 2.24. The number of hydrogen-bond acceptors (Lipinski definition) is 4. The minimum Gasteiger partial charge on any atom is -0.460 e. The van der Waals surface area contributed by atoms with Crippen molar-refractivity contribution in [1.29, 1.82) is 0 Å². The van der Waals surface area contributed by atoms with E-state index >= 15 is 0 Å². The Morgan fingerprint density at radius 3 is 2.47 bits per heavy atom. The molecule has 1 saturated carbocycles. The van der Waals surface area contributed by atoms with Crippen LogP contribution in [0.4, 0.5) is 0 Å². The lowest BCUT2D eigenvalue weighted by atomic mass is 10.1. The van der Waals surface area contributed by atoms with Crippen LogP contribution in [0.5, 0.6) is 0 Å². The maximum atomic E-state index is 12.7. The van der Waals surface area contributed by atoms with Gasteiger partial charge in [-0.05, 0) is 78.6 Å². The molecule has 3 aromatic carbocycles. The second kappa shape index (κ2) is 9.12. The summed E-state index contributed by atoms with van der Waals surface area (Å²) in [7, 11) is 0. The highest BCUT2D eigenvalue weighted by molar-refractivity contribution is 6.31. The minimum atomic E-state index is -0.0404. The Labute approximate surface area is 196 Å². The number of hydrogen-bond donors (Lipinski definition) is 3. The van der Waals surface area contributed by atoms with Crippen LogP contribution in [0.3, 0.4) is 0 Å². The van der Waals surface area contributed by atoms with E-state index in [2.05, 4.69) is 16.2 Å². The van der Waals surface area contributed by atoms with E-state index in [4.69, 9.17) is 27.6 Å². The first-order valence-electron chi connectivity index (χ1n) is 10.7. The normalized spacial score (nSPS) is 18.4. The Bertz CT molecular complexity index is 1290. The van der Waals surface area contributed by atoms with E-state index in [1.807, 2.05) is 60.7 Å². The van der Waals surface area contributed by atoms with Crippen LogP contribution in [0.15, 0.2) is 65.1 Å². The number of halogens is 2. The van der Waals surface area contributed by atoms with E-state index in [9.17, 15) is 4.79 Å². The third-order valence-electron chi connectivity index (χ3n) is 5.93. The zero-order valence-corrected chi connectivity index (χ0v) is 18.8. The number of fused-ring (bicyclic) bond motifs is 2. The molecular formula is C25H23Cl2N3O2. The summed E-state index contributed by atoms with van der Waals surface area (Å²) < 4.78 is 5.82. The van der Waals surface area contributed by atoms with Gasteiger partial charge in [0.15, 0.2) is 0 Å². The third kappa shape index (κ3) is 4.76. The molecule has 32 heavy (non-hydrogen) atoms. The lowest BCUT2D eigenvalue weighted by Gasteiger charge is -2.15. The maximum Gasteiger partial charge on any atom is 0.251 e. The first-order valence-corrected chi connectivity index (χ1v) is 11.5. The highest BCUT2D eigenvalue weighted by Gasteiger charge is 2.26. The number of amides is 1. The van der Waals surface area contributed by atoms with E-state index in [-0.39, 0.29) is 18.0 Å². The molecule has 7 heteroatoms. The number of carbonyl (C=O) groups is 1. The van der Waals surface area contributed by atoms with Crippen molar-refractivity contribution in [2.24, 2.45) is 0 Å². The maximum absolute atomic E-state index is 12.7. The van der Waals surface area contributed by atoms with Crippen molar-refractivity contribution in [3.8, 4) is 0 Å². The van der Waals surface area contributed by atoms with Crippen LogP contribution in [-0.2, 0) is 6.54 Å². The van der Waals surface area contributed by atoms with Crippen molar-refractivity contribution >= 4 is 50.9 Å². The van der Waals surface area contributed by atoms with Gasteiger partial charge in [0, 0.05) is 33.1 Å². The van der Waals surface area contributed by atoms with Gasteiger partial charge in [-0.1, -0.05) is 35.3 Å². The lowest BCUT2D eigenvalue weighted by molar-refractivity contribution is 0.0937. The Kier molecular flexibility index (Phi) is 6.07. The summed E-state index contributed by atoms with van der Waals surface area (Å²) in [6.07, 6.45) is 2.80. The van der Waals surface area contributed by atoms with Crippen molar-refractivity contribution in [2.45, 2.75) is 37.9 Å². The highest BCUT2D eigenvalue weighted by atomic mass is 35.5. The lowest BCUT2D eigenvalue weighted by Crippen LogP contribution is -2.40.